The maximum absolute atomic E-state index is 12.4. The number of methoxy groups -OCH3 is 2. The largest absolute Gasteiger partial charge is 0.496 e. The lowest BCUT2D eigenvalue weighted by Gasteiger charge is -2.16. The highest BCUT2D eigenvalue weighted by Gasteiger charge is 2.27. The first-order valence-electron chi connectivity index (χ1n) is 8.07. The van der Waals surface area contributed by atoms with Crippen LogP contribution in [-0.4, -0.2) is 34.8 Å². The van der Waals surface area contributed by atoms with E-state index in [1.54, 1.807) is 23.9 Å². The molecule has 0 spiro atoms. The number of pyridine rings is 1. The van der Waals surface area contributed by atoms with Crippen molar-refractivity contribution < 1.29 is 19.4 Å². The zero-order valence-corrected chi connectivity index (χ0v) is 15.2. The summed E-state index contributed by atoms with van der Waals surface area (Å²) in [4.78, 5) is 16.8. The van der Waals surface area contributed by atoms with Crippen LogP contribution in [0, 0.1) is 13.8 Å². The first-order chi connectivity index (χ1) is 12.5. The molecule has 0 aliphatic carbocycles. The van der Waals surface area contributed by atoms with E-state index in [0.717, 1.165) is 16.8 Å². The van der Waals surface area contributed by atoms with E-state index in [0.29, 0.717) is 22.3 Å². The molecule has 0 bridgehead atoms. The van der Waals surface area contributed by atoms with E-state index in [1.165, 1.54) is 7.11 Å². The monoisotopic (exact) mass is 355 g/mol. The van der Waals surface area contributed by atoms with Crippen molar-refractivity contribution in [3.05, 3.63) is 46.6 Å². The minimum absolute atomic E-state index is 0.196. The molecular formula is C19H21N3O4. The number of nitrogens with zero attached hydrogens (tertiary/aromatic N) is 2. The van der Waals surface area contributed by atoms with Crippen molar-refractivity contribution in [3.8, 4) is 11.4 Å². The Hall–Kier alpha value is -3.06. The number of carbonyl (C=O) groups is 1. The second kappa shape index (κ2) is 6.68. The lowest BCUT2D eigenvalue weighted by Crippen LogP contribution is -2.09. The summed E-state index contributed by atoms with van der Waals surface area (Å²) in [6, 6.07) is 5.45. The molecule has 0 aliphatic heterocycles. The number of carbonyl (C=O) groups excluding carboxylic acids is 1. The fourth-order valence-corrected chi connectivity index (χ4v) is 3.33. The second-order valence-electron chi connectivity index (χ2n) is 5.97. The first kappa shape index (κ1) is 17.8. The number of benzene rings is 1. The van der Waals surface area contributed by atoms with Crippen molar-refractivity contribution in [2.75, 3.05) is 20.0 Å². The second-order valence-corrected chi connectivity index (χ2v) is 5.97. The fourth-order valence-electron chi connectivity index (χ4n) is 3.33. The average molecular weight is 355 g/mol. The summed E-state index contributed by atoms with van der Waals surface area (Å²) in [5, 5.41) is 10.2. The van der Waals surface area contributed by atoms with E-state index in [1.807, 2.05) is 26.0 Å². The Morgan fingerprint density at radius 3 is 2.62 bits per heavy atom. The van der Waals surface area contributed by atoms with Crippen molar-refractivity contribution in [2.45, 2.75) is 20.5 Å². The van der Waals surface area contributed by atoms with Crippen molar-refractivity contribution in [3.63, 3.8) is 0 Å². The van der Waals surface area contributed by atoms with Gasteiger partial charge in [0.15, 0.2) is 0 Å². The summed E-state index contributed by atoms with van der Waals surface area (Å²) in [6.07, 6.45) is 1.58. The van der Waals surface area contributed by atoms with Gasteiger partial charge in [0.05, 0.1) is 26.5 Å². The molecule has 7 nitrogen and oxygen atoms in total. The van der Waals surface area contributed by atoms with Gasteiger partial charge in [-0.05, 0) is 37.1 Å². The Labute approximate surface area is 151 Å². The summed E-state index contributed by atoms with van der Waals surface area (Å²) >= 11 is 0. The number of aromatic nitrogens is 2. The van der Waals surface area contributed by atoms with Crippen LogP contribution in [0.4, 0.5) is 5.82 Å². The molecule has 2 aromatic heterocycles. The molecule has 0 radical (unpaired) electrons. The van der Waals surface area contributed by atoms with Crippen LogP contribution in [0.25, 0.3) is 16.7 Å². The third-order valence-corrected chi connectivity index (χ3v) is 4.56. The minimum Gasteiger partial charge on any atom is -0.496 e. The topological polar surface area (TPSA) is 99.6 Å². The molecule has 3 aromatic rings. The highest BCUT2D eigenvalue weighted by Crippen LogP contribution is 2.37. The third-order valence-electron chi connectivity index (χ3n) is 4.56. The molecule has 0 saturated heterocycles. The standard InChI is InChI=1S/C19H21N3O4/c1-10-5-6-13(25-3)11(2)16(10)22-17(20)15(19(24)26-4)14-12(9-23)7-8-21-18(14)22/h5-8,23H,9,20H2,1-4H3. The molecule has 2 heterocycles. The predicted octanol–water partition coefficient (Wildman–Crippen LogP) is 2.51. The van der Waals surface area contributed by atoms with Gasteiger partial charge >= 0.3 is 5.97 Å². The Morgan fingerprint density at radius 2 is 2.00 bits per heavy atom. The minimum atomic E-state index is -0.577. The van der Waals surface area contributed by atoms with Gasteiger partial charge in [0, 0.05) is 17.1 Å². The van der Waals surface area contributed by atoms with Gasteiger partial charge < -0.3 is 20.3 Å². The maximum atomic E-state index is 12.4. The highest BCUT2D eigenvalue weighted by molar-refractivity contribution is 6.10. The number of anilines is 1. The van der Waals surface area contributed by atoms with Crippen molar-refractivity contribution >= 4 is 22.8 Å². The molecule has 136 valence electrons. The van der Waals surface area contributed by atoms with Crippen LogP contribution in [0.5, 0.6) is 5.75 Å². The molecule has 1 aromatic carbocycles. The van der Waals surface area contributed by atoms with Crippen LogP contribution >= 0.6 is 0 Å². The zero-order valence-electron chi connectivity index (χ0n) is 15.2. The van der Waals surface area contributed by atoms with Gasteiger partial charge in [0.25, 0.3) is 0 Å². The Kier molecular flexibility index (Phi) is 4.56. The predicted molar refractivity (Wildman–Crippen MR) is 98.8 cm³/mol. The number of nitrogen functional groups attached to an aromatic ring is 1. The molecule has 0 amide bonds. The molecule has 0 aliphatic rings. The van der Waals surface area contributed by atoms with Crippen LogP contribution < -0.4 is 10.5 Å². The summed E-state index contributed by atoms with van der Waals surface area (Å²) < 4.78 is 12.1. The number of aliphatic hydroxyl groups excluding tert-OH is 1. The molecule has 7 heteroatoms. The van der Waals surface area contributed by atoms with Gasteiger partial charge in [-0.1, -0.05) is 6.07 Å². The highest BCUT2D eigenvalue weighted by atomic mass is 16.5. The first-order valence-corrected chi connectivity index (χ1v) is 8.07. The van der Waals surface area contributed by atoms with E-state index in [2.05, 4.69) is 4.98 Å². The summed E-state index contributed by atoms with van der Waals surface area (Å²) in [7, 11) is 2.89. The Balaban J connectivity index is 2.50. The molecule has 3 N–H and O–H groups in total. The van der Waals surface area contributed by atoms with E-state index < -0.39 is 5.97 Å². The third kappa shape index (κ3) is 2.48. The summed E-state index contributed by atoms with van der Waals surface area (Å²) in [5.41, 5.74) is 10.2. The zero-order chi connectivity index (χ0) is 19.0. The van der Waals surface area contributed by atoms with Crippen molar-refractivity contribution in [2.24, 2.45) is 0 Å². The maximum Gasteiger partial charge on any atom is 0.342 e. The van der Waals surface area contributed by atoms with Gasteiger partial charge in [-0.3, -0.25) is 4.57 Å². The number of esters is 1. The van der Waals surface area contributed by atoms with E-state index in [9.17, 15) is 9.90 Å². The number of hydrogen-bond donors (Lipinski definition) is 2. The summed E-state index contributed by atoms with van der Waals surface area (Å²) in [6.45, 7) is 3.61. The average Bonchev–Trinajstić information content (AvgIpc) is 2.94. The van der Waals surface area contributed by atoms with Crippen molar-refractivity contribution in [1.82, 2.24) is 9.55 Å². The lowest BCUT2D eigenvalue weighted by molar-refractivity contribution is 0.0604. The normalized spacial score (nSPS) is 11.0. The number of aliphatic hydroxyl groups is 1. The number of aryl methyl sites for hydroxylation is 1. The van der Waals surface area contributed by atoms with Crippen LogP contribution in [0.1, 0.15) is 27.0 Å². The number of fused-ring (bicyclic) bond motifs is 1. The van der Waals surface area contributed by atoms with Crippen LogP contribution in [0.15, 0.2) is 24.4 Å². The summed E-state index contributed by atoms with van der Waals surface area (Å²) in [5.74, 6) is 0.330. The van der Waals surface area contributed by atoms with Gasteiger partial charge in [-0.15, -0.1) is 0 Å². The molecule has 0 unspecified atom stereocenters. The van der Waals surface area contributed by atoms with Crippen LogP contribution in [0.3, 0.4) is 0 Å². The van der Waals surface area contributed by atoms with Gasteiger partial charge in [-0.2, -0.15) is 0 Å². The number of nitrogens with two attached hydrogens (primary N) is 1. The van der Waals surface area contributed by atoms with Crippen LogP contribution in [-0.2, 0) is 11.3 Å². The smallest absolute Gasteiger partial charge is 0.342 e. The SMILES string of the molecule is COC(=O)c1c(N)n(-c2c(C)ccc(OC)c2C)c2nccc(CO)c12. The number of ether oxygens (including phenoxy) is 2. The molecule has 0 atom stereocenters. The number of rotatable bonds is 4. The fraction of sp³-hybridized carbons (Fsp3) is 0.263. The molecule has 0 saturated carbocycles. The molecule has 0 fully saturated rings. The quantitative estimate of drug-likeness (QED) is 0.698. The van der Waals surface area contributed by atoms with Gasteiger partial charge in [-0.25, -0.2) is 9.78 Å². The van der Waals surface area contributed by atoms with E-state index in [4.69, 9.17) is 15.2 Å². The molecule has 3 rings (SSSR count). The van der Waals surface area contributed by atoms with Crippen LogP contribution in [0.2, 0.25) is 0 Å². The number of hydrogen-bond acceptors (Lipinski definition) is 6. The molecule has 26 heavy (non-hydrogen) atoms. The Morgan fingerprint density at radius 1 is 1.27 bits per heavy atom. The van der Waals surface area contributed by atoms with Gasteiger partial charge in [0.2, 0.25) is 0 Å². The van der Waals surface area contributed by atoms with Crippen molar-refractivity contribution in [1.29, 1.82) is 0 Å². The van der Waals surface area contributed by atoms with E-state index in [-0.39, 0.29) is 18.0 Å². The lowest BCUT2D eigenvalue weighted by atomic mass is 10.1. The van der Waals surface area contributed by atoms with E-state index >= 15 is 0 Å². The molecular weight excluding hydrogens is 334 g/mol. The van der Waals surface area contributed by atoms with Gasteiger partial charge in [0.1, 0.15) is 22.8 Å². The Bertz CT molecular complexity index is 1010.